The third kappa shape index (κ3) is 5.85. The van der Waals surface area contributed by atoms with Gasteiger partial charge in [0.15, 0.2) is 0 Å². The predicted octanol–water partition coefficient (Wildman–Crippen LogP) is 2.08. The summed E-state index contributed by atoms with van der Waals surface area (Å²) in [6.45, 7) is 1.16. The lowest BCUT2D eigenvalue weighted by molar-refractivity contribution is 0.0812. The second-order valence-corrected chi connectivity index (χ2v) is 3.85. The molecule has 0 saturated heterocycles. The van der Waals surface area contributed by atoms with Crippen LogP contribution in [-0.4, -0.2) is 40.4 Å². The Labute approximate surface area is 111 Å². The van der Waals surface area contributed by atoms with Crippen LogP contribution >= 0.6 is 0 Å². The Bertz CT molecular complexity index is 375. The zero-order chi connectivity index (χ0) is 14.1. The molecule has 4 nitrogen and oxygen atoms in total. The van der Waals surface area contributed by atoms with Crippen molar-refractivity contribution in [3.05, 3.63) is 23.8 Å². The summed E-state index contributed by atoms with van der Waals surface area (Å²) in [5.41, 5.74) is 0.803. The molecule has 0 amide bonds. The van der Waals surface area contributed by atoms with Crippen molar-refractivity contribution in [1.82, 2.24) is 5.32 Å². The van der Waals surface area contributed by atoms with E-state index in [4.69, 9.17) is 14.2 Å². The molecular weight excluding hydrogens is 256 g/mol. The van der Waals surface area contributed by atoms with E-state index in [1.807, 2.05) is 0 Å². The molecule has 19 heavy (non-hydrogen) atoms. The van der Waals surface area contributed by atoms with Crippen LogP contribution in [0.1, 0.15) is 5.56 Å². The van der Waals surface area contributed by atoms with Crippen molar-refractivity contribution in [2.75, 3.05) is 34.0 Å². The van der Waals surface area contributed by atoms with E-state index >= 15 is 0 Å². The lowest BCUT2D eigenvalue weighted by Crippen LogP contribution is -2.19. The Balaban J connectivity index is 2.65. The van der Waals surface area contributed by atoms with Crippen LogP contribution < -0.4 is 14.8 Å². The molecule has 6 heteroatoms. The van der Waals surface area contributed by atoms with E-state index < -0.39 is 13.0 Å². The molecule has 0 unspecified atom stereocenters. The molecule has 0 heterocycles. The van der Waals surface area contributed by atoms with E-state index in [-0.39, 0.29) is 0 Å². The Morgan fingerprint density at radius 3 is 2.68 bits per heavy atom. The monoisotopic (exact) mass is 275 g/mol. The molecule has 0 aliphatic heterocycles. The molecule has 0 aromatic heterocycles. The number of ether oxygens (including phenoxy) is 3. The minimum Gasteiger partial charge on any atom is -0.497 e. The van der Waals surface area contributed by atoms with Crippen LogP contribution in [0.15, 0.2) is 18.2 Å². The molecule has 1 aromatic rings. The fraction of sp³-hybridized carbons (Fsp3) is 0.538. The van der Waals surface area contributed by atoms with Gasteiger partial charge in [0.1, 0.15) is 18.1 Å². The van der Waals surface area contributed by atoms with E-state index in [1.54, 1.807) is 25.3 Å². The number of halogens is 2. The predicted molar refractivity (Wildman–Crippen MR) is 68.1 cm³/mol. The molecule has 0 bridgehead atoms. The summed E-state index contributed by atoms with van der Waals surface area (Å²) in [4.78, 5) is 0. The van der Waals surface area contributed by atoms with E-state index in [2.05, 4.69) is 5.32 Å². The van der Waals surface area contributed by atoms with Gasteiger partial charge in [0.25, 0.3) is 6.43 Å². The first-order valence-electron chi connectivity index (χ1n) is 5.95. The second kappa shape index (κ2) is 8.66. The first-order chi connectivity index (χ1) is 9.17. The second-order valence-electron chi connectivity index (χ2n) is 3.85. The van der Waals surface area contributed by atoms with Crippen LogP contribution in [0.5, 0.6) is 11.5 Å². The SMILES string of the molecule is COCCNCc1ccc(OC)cc1OCC(F)F. The standard InChI is InChI=1S/C13H19F2NO3/c1-17-6-5-16-8-10-3-4-11(18-2)7-12(10)19-9-13(14)15/h3-4,7,13,16H,5-6,8-9H2,1-2H3. The normalized spacial score (nSPS) is 10.8. The maximum Gasteiger partial charge on any atom is 0.272 e. The quantitative estimate of drug-likeness (QED) is 0.700. The van der Waals surface area contributed by atoms with Crippen LogP contribution in [-0.2, 0) is 11.3 Å². The van der Waals surface area contributed by atoms with Crippen LogP contribution in [0.4, 0.5) is 8.78 Å². The van der Waals surface area contributed by atoms with E-state index in [0.717, 1.165) is 5.56 Å². The number of hydrogen-bond donors (Lipinski definition) is 1. The highest BCUT2D eigenvalue weighted by Crippen LogP contribution is 2.25. The molecule has 1 rings (SSSR count). The molecule has 0 saturated carbocycles. The van der Waals surface area contributed by atoms with Gasteiger partial charge < -0.3 is 19.5 Å². The molecule has 1 aromatic carbocycles. The third-order valence-corrected chi connectivity index (χ3v) is 2.44. The first kappa shape index (κ1) is 15.7. The van der Waals surface area contributed by atoms with Crippen LogP contribution in [0.3, 0.4) is 0 Å². The Morgan fingerprint density at radius 1 is 1.26 bits per heavy atom. The molecule has 0 aliphatic carbocycles. The summed E-state index contributed by atoms with van der Waals surface area (Å²) in [6, 6.07) is 5.16. The van der Waals surface area contributed by atoms with E-state index in [9.17, 15) is 8.78 Å². The highest BCUT2D eigenvalue weighted by Gasteiger charge is 2.09. The van der Waals surface area contributed by atoms with E-state index in [0.29, 0.717) is 31.2 Å². The van der Waals surface area contributed by atoms with Crippen molar-refractivity contribution in [3.8, 4) is 11.5 Å². The molecule has 0 atom stereocenters. The number of methoxy groups -OCH3 is 2. The van der Waals surface area contributed by atoms with Gasteiger partial charge in [0.05, 0.1) is 13.7 Å². The lowest BCUT2D eigenvalue weighted by Gasteiger charge is -2.13. The smallest absolute Gasteiger partial charge is 0.272 e. The van der Waals surface area contributed by atoms with Gasteiger partial charge >= 0.3 is 0 Å². The highest BCUT2D eigenvalue weighted by atomic mass is 19.3. The topological polar surface area (TPSA) is 39.7 Å². The summed E-state index contributed by atoms with van der Waals surface area (Å²) in [5.74, 6) is 0.981. The largest absolute Gasteiger partial charge is 0.497 e. The van der Waals surface area contributed by atoms with Crippen LogP contribution in [0.2, 0.25) is 0 Å². The lowest BCUT2D eigenvalue weighted by atomic mass is 10.2. The maximum absolute atomic E-state index is 12.2. The molecule has 0 aliphatic rings. The fourth-order valence-electron chi connectivity index (χ4n) is 1.49. The zero-order valence-electron chi connectivity index (χ0n) is 11.1. The average Bonchev–Trinajstić information content (AvgIpc) is 2.42. The van der Waals surface area contributed by atoms with Crippen molar-refractivity contribution in [2.24, 2.45) is 0 Å². The van der Waals surface area contributed by atoms with E-state index in [1.165, 1.54) is 7.11 Å². The summed E-state index contributed by atoms with van der Waals surface area (Å²) < 4.78 is 39.5. The van der Waals surface area contributed by atoms with Crippen molar-refractivity contribution in [3.63, 3.8) is 0 Å². The van der Waals surface area contributed by atoms with Gasteiger partial charge in [0, 0.05) is 31.8 Å². The molecular formula is C13H19F2NO3. The van der Waals surface area contributed by atoms with Gasteiger partial charge in [-0.25, -0.2) is 8.78 Å². The molecule has 108 valence electrons. The Hall–Kier alpha value is -1.40. The number of hydrogen-bond acceptors (Lipinski definition) is 4. The molecule has 0 spiro atoms. The summed E-state index contributed by atoms with van der Waals surface area (Å²) in [7, 11) is 3.13. The van der Waals surface area contributed by atoms with Gasteiger partial charge in [-0.15, -0.1) is 0 Å². The third-order valence-electron chi connectivity index (χ3n) is 2.44. The highest BCUT2D eigenvalue weighted by molar-refractivity contribution is 5.40. The molecule has 0 fully saturated rings. The van der Waals surface area contributed by atoms with Crippen LogP contribution in [0, 0.1) is 0 Å². The average molecular weight is 275 g/mol. The molecule has 1 N–H and O–H groups in total. The van der Waals surface area contributed by atoms with Crippen molar-refractivity contribution < 1.29 is 23.0 Å². The van der Waals surface area contributed by atoms with Gasteiger partial charge in [-0.3, -0.25) is 0 Å². The summed E-state index contributed by atoms with van der Waals surface area (Å²) in [5, 5.41) is 3.13. The minimum absolute atomic E-state index is 0.407. The first-order valence-corrected chi connectivity index (χ1v) is 5.95. The zero-order valence-corrected chi connectivity index (χ0v) is 11.1. The number of nitrogens with one attached hydrogen (secondary N) is 1. The van der Waals surface area contributed by atoms with Gasteiger partial charge in [-0.2, -0.15) is 0 Å². The van der Waals surface area contributed by atoms with Gasteiger partial charge in [-0.1, -0.05) is 6.07 Å². The minimum atomic E-state index is -2.50. The fourth-order valence-corrected chi connectivity index (χ4v) is 1.49. The Morgan fingerprint density at radius 2 is 2.05 bits per heavy atom. The van der Waals surface area contributed by atoms with Crippen molar-refractivity contribution in [2.45, 2.75) is 13.0 Å². The number of benzene rings is 1. The number of alkyl halides is 2. The van der Waals surface area contributed by atoms with Crippen molar-refractivity contribution >= 4 is 0 Å². The summed E-state index contributed by atoms with van der Waals surface area (Å²) >= 11 is 0. The van der Waals surface area contributed by atoms with Gasteiger partial charge in [-0.05, 0) is 6.07 Å². The summed E-state index contributed by atoms with van der Waals surface area (Å²) in [6.07, 6.45) is -2.50. The van der Waals surface area contributed by atoms with Crippen molar-refractivity contribution in [1.29, 1.82) is 0 Å². The maximum atomic E-state index is 12.2. The number of rotatable bonds is 9. The van der Waals surface area contributed by atoms with Crippen LogP contribution in [0.25, 0.3) is 0 Å². The Kier molecular flexibility index (Phi) is 7.14. The molecule has 0 radical (unpaired) electrons. The van der Waals surface area contributed by atoms with Gasteiger partial charge in [0.2, 0.25) is 0 Å².